The Morgan fingerprint density at radius 2 is 0.714 bits per heavy atom. The lowest BCUT2D eigenvalue weighted by atomic mass is 9.86. The summed E-state index contributed by atoms with van der Waals surface area (Å²) >= 11 is 0. The van der Waals surface area contributed by atoms with Crippen LogP contribution in [0.3, 0.4) is 0 Å². The van der Waals surface area contributed by atoms with Gasteiger partial charge in [-0.15, -0.1) is 0 Å². The molecule has 1 heterocycles. The van der Waals surface area contributed by atoms with Crippen molar-refractivity contribution in [3.63, 3.8) is 0 Å². The van der Waals surface area contributed by atoms with Gasteiger partial charge in [0, 0.05) is 27.8 Å². The number of nitriles is 1. The molecule has 0 atom stereocenters. The molecule has 0 aliphatic heterocycles. The van der Waals surface area contributed by atoms with Crippen molar-refractivity contribution >= 4 is 21.5 Å². The second-order valence-corrected chi connectivity index (χ2v) is 17.8. The average molecular weight is 889 g/mol. The molecular weight excluding hydrogens is 849 g/mol. The molecule has 4 heteroatoms. The van der Waals surface area contributed by atoms with Gasteiger partial charge in [-0.25, -0.2) is 15.0 Å². The monoisotopic (exact) mass is 888 g/mol. The summed E-state index contributed by atoms with van der Waals surface area (Å²) in [4.78, 5) is 15.5. The van der Waals surface area contributed by atoms with E-state index in [4.69, 9.17) is 15.0 Å². The van der Waals surface area contributed by atoms with Crippen LogP contribution in [0.4, 0.5) is 0 Å². The van der Waals surface area contributed by atoms with E-state index in [9.17, 15) is 5.26 Å². The fraction of sp³-hybridized carbons (Fsp3) is 0. The molecule has 11 aromatic carbocycles. The molecule has 13 rings (SSSR count). The molecule has 0 unspecified atom stereocenters. The number of fused-ring (bicyclic) bond motifs is 4. The Labute approximate surface area is 406 Å². The average Bonchev–Trinajstić information content (AvgIpc) is 3.77. The zero-order valence-corrected chi connectivity index (χ0v) is 37.9. The van der Waals surface area contributed by atoms with E-state index in [0.717, 1.165) is 66.8 Å². The third-order valence-electron chi connectivity index (χ3n) is 13.8. The minimum Gasteiger partial charge on any atom is -0.208 e. The summed E-state index contributed by atoms with van der Waals surface area (Å²) in [6.07, 6.45) is 0. The topological polar surface area (TPSA) is 62.5 Å². The van der Waals surface area contributed by atoms with Gasteiger partial charge in [0.2, 0.25) is 0 Å². The second kappa shape index (κ2) is 16.9. The Bertz CT molecular complexity index is 4070. The molecule has 0 fully saturated rings. The largest absolute Gasteiger partial charge is 0.208 e. The predicted octanol–water partition coefficient (Wildman–Crippen LogP) is 17.0. The minimum atomic E-state index is 0.561. The van der Waals surface area contributed by atoms with Crippen LogP contribution in [-0.2, 0) is 0 Å². The number of benzene rings is 11. The van der Waals surface area contributed by atoms with E-state index in [1.807, 2.05) is 48.5 Å². The molecule has 4 nitrogen and oxygen atoms in total. The van der Waals surface area contributed by atoms with Crippen LogP contribution in [0.2, 0.25) is 0 Å². The summed E-state index contributed by atoms with van der Waals surface area (Å²) in [5, 5.41) is 16.1. The zero-order valence-electron chi connectivity index (χ0n) is 37.9. The third-order valence-corrected chi connectivity index (χ3v) is 13.8. The Morgan fingerprint density at radius 1 is 0.257 bits per heavy atom. The molecule has 70 heavy (non-hydrogen) atoms. The second-order valence-electron chi connectivity index (χ2n) is 17.8. The first-order valence-corrected chi connectivity index (χ1v) is 23.6. The van der Waals surface area contributed by atoms with Crippen LogP contribution in [0.25, 0.3) is 134 Å². The van der Waals surface area contributed by atoms with Gasteiger partial charge in [-0.2, -0.15) is 5.26 Å². The lowest BCUT2D eigenvalue weighted by Crippen LogP contribution is -2.01. The molecule has 12 aromatic rings. The lowest BCUT2D eigenvalue weighted by molar-refractivity contribution is 1.07. The molecule has 0 saturated carbocycles. The van der Waals surface area contributed by atoms with Crippen molar-refractivity contribution < 1.29 is 0 Å². The van der Waals surface area contributed by atoms with E-state index >= 15 is 0 Å². The van der Waals surface area contributed by atoms with Crippen LogP contribution in [-0.4, -0.2) is 15.0 Å². The Kier molecular flexibility index (Phi) is 9.85. The van der Waals surface area contributed by atoms with Crippen molar-refractivity contribution in [2.75, 3.05) is 0 Å². The van der Waals surface area contributed by atoms with Gasteiger partial charge in [0.15, 0.2) is 17.5 Å². The summed E-state index contributed by atoms with van der Waals surface area (Å²) in [5.41, 5.74) is 18.4. The maximum Gasteiger partial charge on any atom is 0.164 e. The first kappa shape index (κ1) is 40.7. The van der Waals surface area contributed by atoms with Gasteiger partial charge < -0.3 is 0 Å². The molecule has 0 spiro atoms. The fourth-order valence-corrected chi connectivity index (χ4v) is 10.5. The maximum atomic E-state index is 11.1. The Balaban J connectivity index is 0.899. The van der Waals surface area contributed by atoms with Gasteiger partial charge in [0.1, 0.15) is 6.07 Å². The molecule has 0 saturated heterocycles. The molecule has 0 bridgehead atoms. The van der Waals surface area contributed by atoms with Crippen LogP contribution in [0.1, 0.15) is 5.56 Å². The van der Waals surface area contributed by atoms with E-state index in [1.54, 1.807) is 0 Å². The molecule has 324 valence electrons. The summed E-state index contributed by atoms with van der Waals surface area (Å²) in [7, 11) is 0. The number of nitrogens with zero attached hydrogens (tertiary/aromatic N) is 4. The van der Waals surface area contributed by atoms with E-state index in [2.05, 4.69) is 200 Å². The van der Waals surface area contributed by atoms with E-state index < -0.39 is 0 Å². The number of aromatic nitrogens is 3. The van der Waals surface area contributed by atoms with Crippen molar-refractivity contribution in [2.24, 2.45) is 0 Å². The van der Waals surface area contributed by atoms with Crippen molar-refractivity contribution in [2.45, 2.75) is 0 Å². The van der Waals surface area contributed by atoms with E-state index in [0.29, 0.717) is 23.0 Å². The maximum absolute atomic E-state index is 11.1. The molecule has 1 aliphatic rings. The van der Waals surface area contributed by atoms with Crippen LogP contribution in [0.15, 0.2) is 243 Å². The van der Waals surface area contributed by atoms with Crippen molar-refractivity contribution in [3.05, 3.63) is 248 Å². The van der Waals surface area contributed by atoms with Crippen LogP contribution in [0, 0.1) is 11.3 Å². The van der Waals surface area contributed by atoms with Gasteiger partial charge in [0.05, 0.1) is 5.56 Å². The van der Waals surface area contributed by atoms with Crippen LogP contribution in [0.5, 0.6) is 0 Å². The normalized spacial score (nSPS) is 11.4. The van der Waals surface area contributed by atoms with Gasteiger partial charge in [-0.05, 0) is 100 Å². The number of hydrogen-bond donors (Lipinski definition) is 0. The SMILES string of the molecule is N#Cc1c(-c2cccc(-c3cccc4c3-c3cccc5cccc-4c35)c2)cccc1-c1ccccc1-c1ccccc1-c1nc(-c2ccccc2)nc(-c2ccc(-c3ccc4ccccc4c3)cc2)n1. The van der Waals surface area contributed by atoms with E-state index in [-0.39, 0.29) is 0 Å². The smallest absolute Gasteiger partial charge is 0.164 e. The van der Waals surface area contributed by atoms with Crippen LogP contribution < -0.4 is 0 Å². The predicted molar refractivity (Wildman–Crippen MR) is 287 cm³/mol. The Morgan fingerprint density at radius 3 is 1.46 bits per heavy atom. The Hall–Kier alpha value is -9.56. The van der Waals surface area contributed by atoms with Crippen molar-refractivity contribution in [1.29, 1.82) is 5.26 Å². The standard InChI is InChI=1S/C66H40N4/c67-41-61-51(49-21-10-22-50(40-49)52-28-14-31-58-57-30-11-19-44-20-12-32-60(62(44)57)63(52)58)27-13-29-56(61)54-24-7-6-23-53(54)55-25-8-9-26-59(55)66-69-64(45-16-2-1-3-17-45)68-65(70-66)46-36-33-43(34-37-46)48-38-35-42-15-4-5-18-47(42)39-48/h1-40H. The van der Waals surface area contributed by atoms with Gasteiger partial charge in [0.25, 0.3) is 0 Å². The summed E-state index contributed by atoms with van der Waals surface area (Å²) in [5.74, 6) is 1.73. The molecule has 1 aliphatic carbocycles. The summed E-state index contributed by atoms with van der Waals surface area (Å²) in [6, 6.07) is 87.4. The summed E-state index contributed by atoms with van der Waals surface area (Å²) < 4.78 is 0. The van der Waals surface area contributed by atoms with Crippen molar-refractivity contribution in [1.82, 2.24) is 15.0 Å². The highest BCUT2D eigenvalue weighted by atomic mass is 15.0. The first-order valence-electron chi connectivity index (χ1n) is 23.6. The summed E-state index contributed by atoms with van der Waals surface area (Å²) in [6.45, 7) is 0. The highest BCUT2D eigenvalue weighted by Crippen LogP contribution is 2.51. The molecule has 0 amide bonds. The molecule has 1 aromatic heterocycles. The van der Waals surface area contributed by atoms with Crippen molar-refractivity contribution in [3.8, 4) is 118 Å². The van der Waals surface area contributed by atoms with Gasteiger partial charge >= 0.3 is 0 Å². The third kappa shape index (κ3) is 6.96. The van der Waals surface area contributed by atoms with E-state index in [1.165, 1.54) is 49.4 Å². The fourth-order valence-electron chi connectivity index (χ4n) is 10.5. The molecule has 0 N–H and O–H groups in total. The number of rotatable bonds is 8. The minimum absolute atomic E-state index is 0.561. The van der Waals surface area contributed by atoms with Gasteiger partial charge in [-0.1, -0.05) is 231 Å². The van der Waals surface area contributed by atoms with Crippen LogP contribution >= 0.6 is 0 Å². The lowest BCUT2D eigenvalue weighted by Gasteiger charge is -2.17. The highest BCUT2D eigenvalue weighted by molar-refractivity contribution is 6.18. The molecule has 0 radical (unpaired) electrons. The first-order chi connectivity index (χ1) is 34.7. The van der Waals surface area contributed by atoms with Gasteiger partial charge in [-0.3, -0.25) is 0 Å². The highest BCUT2D eigenvalue weighted by Gasteiger charge is 2.25. The number of hydrogen-bond acceptors (Lipinski definition) is 4. The molecular formula is C66H40N4. The quantitative estimate of drug-likeness (QED) is 0.152. The zero-order chi connectivity index (χ0) is 46.5.